The molecule has 1 saturated carbocycles. The van der Waals surface area contributed by atoms with E-state index >= 15 is 0 Å². The molecule has 0 radical (unpaired) electrons. The van der Waals surface area contributed by atoms with E-state index in [2.05, 4.69) is 5.32 Å². The Bertz CT molecular complexity index is 314. The van der Waals surface area contributed by atoms with Gasteiger partial charge in [-0.3, -0.25) is 4.79 Å². The molecule has 2 heterocycles. The zero-order valence-electron chi connectivity index (χ0n) is 12.5. The summed E-state index contributed by atoms with van der Waals surface area (Å²) < 4.78 is 5.83. The van der Waals surface area contributed by atoms with E-state index in [-0.39, 0.29) is 5.91 Å². The van der Waals surface area contributed by atoms with Gasteiger partial charge in [-0.15, -0.1) is 0 Å². The summed E-state index contributed by atoms with van der Waals surface area (Å²) in [6.45, 7) is 4.44. The van der Waals surface area contributed by atoms with Gasteiger partial charge >= 0.3 is 0 Å². The summed E-state index contributed by atoms with van der Waals surface area (Å²) in [6.07, 6.45) is 8.80. The summed E-state index contributed by atoms with van der Waals surface area (Å²) >= 11 is 0. The second-order valence-corrected chi connectivity index (χ2v) is 6.71. The SMILES string of the molecule is O=C(COC1CCCCC1)N1CC[C@@H]2CNC[C@@H]2CC1. The number of carbonyl (C=O) groups excluding carboxylic acids is 1. The van der Waals surface area contributed by atoms with Gasteiger partial charge in [-0.25, -0.2) is 0 Å². The number of carbonyl (C=O) groups is 1. The van der Waals surface area contributed by atoms with Crippen molar-refractivity contribution in [3.05, 3.63) is 0 Å². The molecule has 4 heteroatoms. The fourth-order valence-electron chi connectivity index (χ4n) is 3.98. The molecule has 0 bridgehead atoms. The number of hydrogen-bond acceptors (Lipinski definition) is 3. The number of amides is 1. The molecular formula is C16H28N2O2. The first kappa shape index (κ1) is 14.3. The Morgan fingerprint density at radius 2 is 1.65 bits per heavy atom. The molecule has 0 aromatic carbocycles. The molecule has 1 aliphatic carbocycles. The van der Waals surface area contributed by atoms with Crippen LogP contribution in [0.5, 0.6) is 0 Å². The van der Waals surface area contributed by atoms with E-state index in [0.717, 1.165) is 63.7 Å². The molecule has 2 atom stereocenters. The number of likely N-dealkylation sites (tertiary alicyclic amines) is 1. The van der Waals surface area contributed by atoms with Crippen molar-refractivity contribution in [1.82, 2.24) is 10.2 Å². The average Bonchev–Trinajstić information content (AvgIpc) is 2.84. The molecule has 3 rings (SSSR count). The number of nitrogens with zero attached hydrogens (tertiary/aromatic N) is 1. The Morgan fingerprint density at radius 3 is 2.30 bits per heavy atom. The summed E-state index contributed by atoms with van der Waals surface area (Å²) in [4.78, 5) is 14.3. The minimum Gasteiger partial charge on any atom is -0.368 e. The molecule has 0 unspecified atom stereocenters. The van der Waals surface area contributed by atoms with Crippen LogP contribution in [0.25, 0.3) is 0 Å². The minimum absolute atomic E-state index is 0.212. The van der Waals surface area contributed by atoms with Gasteiger partial charge in [-0.05, 0) is 50.6 Å². The molecule has 2 saturated heterocycles. The van der Waals surface area contributed by atoms with Crippen LogP contribution >= 0.6 is 0 Å². The van der Waals surface area contributed by atoms with Crippen LogP contribution < -0.4 is 5.32 Å². The maximum atomic E-state index is 12.3. The highest BCUT2D eigenvalue weighted by atomic mass is 16.5. The molecule has 0 aromatic heterocycles. The van der Waals surface area contributed by atoms with Crippen LogP contribution in [0.1, 0.15) is 44.9 Å². The lowest BCUT2D eigenvalue weighted by Crippen LogP contribution is -2.36. The minimum atomic E-state index is 0.212. The molecule has 114 valence electrons. The zero-order valence-corrected chi connectivity index (χ0v) is 12.5. The fraction of sp³-hybridized carbons (Fsp3) is 0.938. The number of rotatable bonds is 3. The van der Waals surface area contributed by atoms with Crippen molar-refractivity contribution in [3.8, 4) is 0 Å². The maximum absolute atomic E-state index is 12.3. The first-order valence-electron chi connectivity index (χ1n) is 8.43. The van der Waals surface area contributed by atoms with Crippen LogP contribution in [-0.2, 0) is 9.53 Å². The van der Waals surface area contributed by atoms with Crippen molar-refractivity contribution in [1.29, 1.82) is 0 Å². The number of ether oxygens (including phenoxy) is 1. The van der Waals surface area contributed by atoms with Crippen LogP contribution in [0.3, 0.4) is 0 Å². The number of hydrogen-bond donors (Lipinski definition) is 1. The lowest BCUT2D eigenvalue weighted by atomic mass is 9.92. The van der Waals surface area contributed by atoms with Gasteiger partial charge in [0.2, 0.25) is 5.91 Å². The summed E-state index contributed by atoms with van der Waals surface area (Å²) in [5.41, 5.74) is 0. The Morgan fingerprint density at radius 1 is 1.00 bits per heavy atom. The predicted molar refractivity (Wildman–Crippen MR) is 78.5 cm³/mol. The Balaban J connectivity index is 1.42. The highest BCUT2D eigenvalue weighted by molar-refractivity contribution is 5.77. The molecule has 20 heavy (non-hydrogen) atoms. The Labute approximate surface area is 122 Å². The lowest BCUT2D eigenvalue weighted by molar-refractivity contribution is -0.138. The summed E-state index contributed by atoms with van der Waals surface area (Å²) in [6, 6.07) is 0. The second kappa shape index (κ2) is 6.90. The van der Waals surface area contributed by atoms with Crippen LogP contribution in [0.15, 0.2) is 0 Å². The van der Waals surface area contributed by atoms with E-state index < -0.39 is 0 Å². The molecule has 4 nitrogen and oxygen atoms in total. The van der Waals surface area contributed by atoms with Gasteiger partial charge in [0.05, 0.1) is 6.10 Å². The normalized spacial score (nSPS) is 31.9. The molecule has 3 aliphatic rings. The molecule has 0 spiro atoms. The molecular weight excluding hydrogens is 252 g/mol. The predicted octanol–water partition coefficient (Wildman–Crippen LogP) is 1.79. The quantitative estimate of drug-likeness (QED) is 0.857. The lowest BCUT2D eigenvalue weighted by Gasteiger charge is -2.25. The van der Waals surface area contributed by atoms with Crippen LogP contribution in [0.2, 0.25) is 0 Å². The average molecular weight is 280 g/mol. The largest absolute Gasteiger partial charge is 0.368 e. The van der Waals surface area contributed by atoms with Gasteiger partial charge in [0.1, 0.15) is 6.61 Å². The molecule has 0 aromatic rings. The topological polar surface area (TPSA) is 41.6 Å². The van der Waals surface area contributed by atoms with E-state index in [0.29, 0.717) is 12.7 Å². The highest BCUT2D eigenvalue weighted by Gasteiger charge is 2.31. The zero-order chi connectivity index (χ0) is 13.8. The van der Waals surface area contributed by atoms with Crippen molar-refractivity contribution in [2.45, 2.75) is 51.0 Å². The third-order valence-corrected chi connectivity index (χ3v) is 5.37. The van der Waals surface area contributed by atoms with Gasteiger partial charge in [0.15, 0.2) is 0 Å². The van der Waals surface area contributed by atoms with Crippen molar-refractivity contribution in [2.24, 2.45) is 11.8 Å². The van der Waals surface area contributed by atoms with Gasteiger partial charge in [-0.2, -0.15) is 0 Å². The summed E-state index contributed by atoms with van der Waals surface area (Å²) in [7, 11) is 0. The summed E-state index contributed by atoms with van der Waals surface area (Å²) in [5.74, 6) is 1.78. The van der Waals surface area contributed by atoms with E-state index in [4.69, 9.17) is 4.74 Å². The standard InChI is InChI=1S/C16H28N2O2/c19-16(12-20-15-4-2-1-3-5-15)18-8-6-13-10-17-11-14(13)7-9-18/h13-15,17H,1-12H2/t13-,14+. The number of fused-ring (bicyclic) bond motifs is 1. The molecule has 2 aliphatic heterocycles. The van der Waals surface area contributed by atoms with Crippen molar-refractivity contribution in [2.75, 3.05) is 32.8 Å². The van der Waals surface area contributed by atoms with E-state index in [1.165, 1.54) is 19.3 Å². The molecule has 1 N–H and O–H groups in total. The highest BCUT2D eigenvalue weighted by Crippen LogP contribution is 2.27. The number of nitrogens with one attached hydrogen (secondary N) is 1. The third kappa shape index (κ3) is 3.53. The first-order chi connectivity index (χ1) is 9.83. The van der Waals surface area contributed by atoms with Crippen molar-refractivity contribution >= 4 is 5.91 Å². The van der Waals surface area contributed by atoms with E-state index in [1.807, 2.05) is 4.90 Å². The third-order valence-electron chi connectivity index (χ3n) is 5.37. The van der Waals surface area contributed by atoms with Gasteiger partial charge in [-0.1, -0.05) is 19.3 Å². The maximum Gasteiger partial charge on any atom is 0.248 e. The van der Waals surface area contributed by atoms with Crippen LogP contribution in [0.4, 0.5) is 0 Å². The van der Waals surface area contributed by atoms with Crippen LogP contribution in [-0.4, -0.2) is 49.7 Å². The fourth-order valence-corrected chi connectivity index (χ4v) is 3.98. The van der Waals surface area contributed by atoms with Crippen LogP contribution in [0, 0.1) is 11.8 Å². The molecule has 1 amide bonds. The Hall–Kier alpha value is -0.610. The molecule has 3 fully saturated rings. The Kier molecular flexibility index (Phi) is 4.94. The van der Waals surface area contributed by atoms with Gasteiger partial charge in [0, 0.05) is 13.1 Å². The van der Waals surface area contributed by atoms with E-state index in [9.17, 15) is 4.79 Å². The first-order valence-corrected chi connectivity index (χ1v) is 8.43. The monoisotopic (exact) mass is 280 g/mol. The van der Waals surface area contributed by atoms with Gasteiger partial charge < -0.3 is 15.0 Å². The van der Waals surface area contributed by atoms with Crippen molar-refractivity contribution in [3.63, 3.8) is 0 Å². The van der Waals surface area contributed by atoms with Crippen molar-refractivity contribution < 1.29 is 9.53 Å². The summed E-state index contributed by atoms with van der Waals surface area (Å²) in [5, 5.41) is 3.48. The van der Waals surface area contributed by atoms with Gasteiger partial charge in [0.25, 0.3) is 0 Å². The second-order valence-electron chi connectivity index (χ2n) is 6.71. The van der Waals surface area contributed by atoms with E-state index in [1.54, 1.807) is 0 Å². The smallest absolute Gasteiger partial charge is 0.248 e.